The zero-order chi connectivity index (χ0) is 15.0. The molecule has 0 aliphatic carbocycles. The quantitative estimate of drug-likeness (QED) is 0.943. The smallest absolute Gasteiger partial charge is 0.128 e. The Morgan fingerprint density at radius 1 is 1.24 bits per heavy atom. The van der Waals surface area contributed by atoms with Gasteiger partial charge in [-0.15, -0.1) is 0 Å². The van der Waals surface area contributed by atoms with Crippen molar-refractivity contribution in [2.45, 2.75) is 26.3 Å². The maximum atomic E-state index is 5.55. The molecule has 2 heterocycles. The fourth-order valence-corrected chi connectivity index (χ4v) is 2.90. The van der Waals surface area contributed by atoms with Crippen LogP contribution in [0.4, 0.5) is 5.82 Å². The largest absolute Gasteiger partial charge is 0.497 e. The highest BCUT2D eigenvalue weighted by atomic mass is 16.5. The molecule has 0 bridgehead atoms. The van der Waals surface area contributed by atoms with Crippen LogP contribution in [0.15, 0.2) is 18.2 Å². The van der Waals surface area contributed by atoms with E-state index < -0.39 is 0 Å². The molecule has 1 N–H and O–H groups in total. The molecule has 1 unspecified atom stereocenters. The number of benzene rings is 1. The number of methoxy groups -OCH3 is 2. The molecule has 1 aliphatic rings. The molecule has 0 radical (unpaired) electrons. The molecule has 0 amide bonds. The summed E-state index contributed by atoms with van der Waals surface area (Å²) < 4.78 is 12.9. The van der Waals surface area contributed by atoms with Gasteiger partial charge in [-0.05, 0) is 32.4 Å². The van der Waals surface area contributed by atoms with Crippen LogP contribution >= 0.6 is 0 Å². The van der Waals surface area contributed by atoms with Crippen molar-refractivity contribution >= 4 is 5.82 Å². The van der Waals surface area contributed by atoms with E-state index in [0.29, 0.717) is 0 Å². The summed E-state index contributed by atoms with van der Waals surface area (Å²) in [5, 5.41) is 8.14. The van der Waals surface area contributed by atoms with E-state index in [2.05, 4.69) is 23.0 Å². The van der Waals surface area contributed by atoms with Gasteiger partial charge in [-0.1, -0.05) is 0 Å². The predicted octanol–water partition coefficient (Wildman–Crippen LogP) is 2.92. The molecular weight excluding hydrogens is 266 g/mol. The fourth-order valence-electron chi connectivity index (χ4n) is 2.90. The van der Waals surface area contributed by atoms with E-state index in [1.807, 2.05) is 19.1 Å². The SMILES string of the molecule is COc1ccc(C2CCNc3c(C)c(C)nn32)c(OC)c1. The lowest BCUT2D eigenvalue weighted by Crippen LogP contribution is -2.25. The highest BCUT2D eigenvalue weighted by molar-refractivity contribution is 5.51. The number of hydrogen-bond acceptors (Lipinski definition) is 4. The third-order valence-corrected chi connectivity index (χ3v) is 4.19. The Morgan fingerprint density at radius 3 is 2.76 bits per heavy atom. The van der Waals surface area contributed by atoms with E-state index in [-0.39, 0.29) is 6.04 Å². The Hall–Kier alpha value is -2.17. The number of ether oxygens (including phenoxy) is 2. The molecule has 1 aromatic carbocycles. The van der Waals surface area contributed by atoms with E-state index in [9.17, 15) is 0 Å². The van der Waals surface area contributed by atoms with Gasteiger partial charge in [-0.2, -0.15) is 5.10 Å². The topological polar surface area (TPSA) is 48.3 Å². The minimum absolute atomic E-state index is 0.189. The minimum Gasteiger partial charge on any atom is -0.497 e. The lowest BCUT2D eigenvalue weighted by atomic mass is 10.0. The molecule has 112 valence electrons. The molecule has 0 spiro atoms. The summed E-state index contributed by atoms with van der Waals surface area (Å²) >= 11 is 0. The zero-order valence-corrected chi connectivity index (χ0v) is 12.9. The Balaban J connectivity index is 2.08. The van der Waals surface area contributed by atoms with Crippen molar-refractivity contribution in [3.8, 4) is 11.5 Å². The molecule has 1 aliphatic heterocycles. The Bertz CT molecular complexity index is 664. The summed E-state index contributed by atoms with van der Waals surface area (Å²) in [6, 6.07) is 6.17. The lowest BCUT2D eigenvalue weighted by Gasteiger charge is -2.27. The van der Waals surface area contributed by atoms with E-state index in [4.69, 9.17) is 14.6 Å². The Kier molecular flexibility index (Phi) is 3.49. The van der Waals surface area contributed by atoms with E-state index in [1.54, 1.807) is 14.2 Å². The van der Waals surface area contributed by atoms with Gasteiger partial charge in [0, 0.05) is 23.7 Å². The van der Waals surface area contributed by atoms with Crippen molar-refractivity contribution in [2.75, 3.05) is 26.1 Å². The van der Waals surface area contributed by atoms with Gasteiger partial charge >= 0.3 is 0 Å². The standard InChI is InChI=1S/C16H21N3O2/c1-10-11(2)18-19-14(7-8-17-16(10)19)13-6-5-12(20-3)9-15(13)21-4/h5-6,9,14,17H,7-8H2,1-4H3. The Morgan fingerprint density at radius 2 is 2.05 bits per heavy atom. The number of anilines is 1. The summed E-state index contributed by atoms with van der Waals surface area (Å²) in [7, 11) is 3.36. The Labute approximate surface area is 124 Å². The summed E-state index contributed by atoms with van der Waals surface area (Å²) in [6.07, 6.45) is 0.982. The molecule has 3 rings (SSSR count). The summed E-state index contributed by atoms with van der Waals surface area (Å²) in [5.74, 6) is 2.76. The molecule has 0 saturated heterocycles. The number of nitrogens with one attached hydrogen (secondary N) is 1. The molecular formula is C16H21N3O2. The molecule has 5 heteroatoms. The third-order valence-electron chi connectivity index (χ3n) is 4.19. The number of aromatic nitrogens is 2. The second-order valence-corrected chi connectivity index (χ2v) is 5.34. The first-order valence-corrected chi connectivity index (χ1v) is 7.17. The van der Waals surface area contributed by atoms with Gasteiger partial charge in [0.15, 0.2) is 0 Å². The molecule has 1 aromatic heterocycles. The van der Waals surface area contributed by atoms with E-state index in [0.717, 1.165) is 41.5 Å². The predicted molar refractivity (Wildman–Crippen MR) is 82.5 cm³/mol. The van der Waals surface area contributed by atoms with Gasteiger partial charge in [-0.3, -0.25) is 0 Å². The van der Waals surface area contributed by atoms with Crippen LogP contribution in [0.5, 0.6) is 11.5 Å². The second kappa shape index (κ2) is 5.31. The minimum atomic E-state index is 0.189. The number of rotatable bonds is 3. The highest BCUT2D eigenvalue weighted by Crippen LogP contribution is 2.37. The van der Waals surface area contributed by atoms with Crippen molar-refractivity contribution in [1.82, 2.24) is 9.78 Å². The van der Waals surface area contributed by atoms with Gasteiger partial charge in [0.25, 0.3) is 0 Å². The summed E-state index contributed by atoms with van der Waals surface area (Å²) in [4.78, 5) is 0. The van der Waals surface area contributed by atoms with Crippen LogP contribution in [-0.2, 0) is 0 Å². The second-order valence-electron chi connectivity index (χ2n) is 5.34. The van der Waals surface area contributed by atoms with Crippen LogP contribution in [0.1, 0.15) is 29.3 Å². The third kappa shape index (κ3) is 2.22. The van der Waals surface area contributed by atoms with Crippen LogP contribution in [0.25, 0.3) is 0 Å². The van der Waals surface area contributed by atoms with Gasteiger partial charge in [0.05, 0.1) is 26.0 Å². The number of aryl methyl sites for hydroxylation is 1. The number of fused-ring (bicyclic) bond motifs is 1. The average Bonchev–Trinajstić information content (AvgIpc) is 2.82. The summed E-state index contributed by atoms with van der Waals surface area (Å²) in [5.41, 5.74) is 3.42. The maximum absolute atomic E-state index is 5.55. The van der Waals surface area contributed by atoms with Crippen LogP contribution in [0.3, 0.4) is 0 Å². The molecule has 2 aromatic rings. The van der Waals surface area contributed by atoms with Crippen molar-refractivity contribution < 1.29 is 9.47 Å². The molecule has 0 saturated carbocycles. The molecule has 5 nitrogen and oxygen atoms in total. The van der Waals surface area contributed by atoms with Gasteiger partial charge < -0.3 is 14.8 Å². The highest BCUT2D eigenvalue weighted by Gasteiger charge is 2.27. The zero-order valence-electron chi connectivity index (χ0n) is 12.9. The lowest BCUT2D eigenvalue weighted by molar-refractivity contribution is 0.379. The van der Waals surface area contributed by atoms with Crippen LogP contribution < -0.4 is 14.8 Å². The fraction of sp³-hybridized carbons (Fsp3) is 0.438. The van der Waals surface area contributed by atoms with Crippen LogP contribution in [0.2, 0.25) is 0 Å². The van der Waals surface area contributed by atoms with Gasteiger partial charge in [0.2, 0.25) is 0 Å². The monoisotopic (exact) mass is 287 g/mol. The number of nitrogens with zero attached hydrogens (tertiary/aromatic N) is 2. The summed E-state index contributed by atoms with van der Waals surface area (Å²) in [6.45, 7) is 5.09. The normalized spacial score (nSPS) is 17.0. The first-order chi connectivity index (χ1) is 10.2. The van der Waals surface area contributed by atoms with Crippen LogP contribution in [0, 0.1) is 13.8 Å². The van der Waals surface area contributed by atoms with Crippen LogP contribution in [-0.4, -0.2) is 30.5 Å². The van der Waals surface area contributed by atoms with Crippen molar-refractivity contribution in [1.29, 1.82) is 0 Å². The van der Waals surface area contributed by atoms with Crippen molar-refractivity contribution in [3.63, 3.8) is 0 Å². The van der Waals surface area contributed by atoms with Gasteiger partial charge in [0.1, 0.15) is 17.3 Å². The molecule has 21 heavy (non-hydrogen) atoms. The average molecular weight is 287 g/mol. The first-order valence-electron chi connectivity index (χ1n) is 7.17. The van der Waals surface area contributed by atoms with Gasteiger partial charge in [-0.25, -0.2) is 4.68 Å². The number of hydrogen-bond donors (Lipinski definition) is 1. The van der Waals surface area contributed by atoms with E-state index >= 15 is 0 Å². The van der Waals surface area contributed by atoms with E-state index in [1.165, 1.54) is 5.56 Å². The molecule has 0 fully saturated rings. The molecule has 1 atom stereocenters. The maximum Gasteiger partial charge on any atom is 0.128 e. The van der Waals surface area contributed by atoms with Crippen molar-refractivity contribution in [2.24, 2.45) is 0 Å². The van der Waals surface area contributed by atoms with Crippen molar-refractivity contribution in [3.05, 3.63) is 35.0 Å². The first kappa shape index (κ1) is 13.8.